The number of rotatable bonds is 6. The number of nitrogens with zero attached hydrogens (tertiary/aromatic N) is 1. The van der Waals surface area contributed by atoms with Crippen LogP contribution in [0.2, 0.25) is 0 Å². The Morgan fingerprint density at radius 3 is 2.38 bits per heavy atom. The Kier molecular flexibility index (Phi) is 6.48. The summed E-state index contributed by atoms with van der Waals surface area (Å²) < 4.78 is 22.3. The third-order valence-corrected chi connectivity index (χ3v) is 6.16. The molecule has 1 fully saturated rings. The fourth-order valence-electron chi connectivity index (χ4n) is 4.53. The highest BCUT2D eigenvalue weighted by molar-refractivity contribution is 6.51. The van der Waals surface area contributed by atoms with Crippen LogP contribution in [0, 0.1) is 0 Å². The van der Waals surface area contributed by atoms with Gasteiger partial charge in [-0.2, -0.15) is 0 Å². The Morgan fingerprint density at radius 1 is 0.946 bits per heavy atom. The average molecular weight is 502 g/mol. The molecule has 1 N–H and O–H groups in total. The topological polar surface area (TPSA) is 94.5 Å². The smallest absolute Gasteiger partial charge is 0.300 e. The van der Waals surface area contributed by atoms with Crippen molar-refractivity contribution < 1.29 is 33.6 Å². The fraction of sp³-hybridized carbons (Fsp3) is 0.241. The predicted molar refractivity (Wildman–Crippen MR) is 137 cm³/mol. The SMILES string of the molecule is COc1cccc(C2/C(=C(/O)c3ccc4c(c3)OCCO4)C(=O)C(=O)N2c2ccc(OC(C)C)cc2)c1. The molecule has 8 heteroatoms. The number of carbonyl (C=O) groups is 2. The number of fused-ring (bicyclic) bond motifs is 1. The van der Waals surface area contributed by atoms with Gasteiger partial charge in [0, 0.05) is 11.3 Å². The Hall–Kier alpha value is -4.46. The number of benzene rings is 3. The highest BCUT2D eigenvalue weighted by atomic mass is 16.6. The van der Waals surface area contributed by atoms with Crippen molar-refractivity contribution in [3.8, 4) is 23.0 Å². The van der Waals surface area contributed by atoms with Crippen LogP contribution in [-0.4, -0.2) is 43.2 Å². The summed E-state index contributed by atoms with van der Waals surface area (Å²) in [4.78, 5) is 28.2. The molecule has 1 unspecified atom stereocenters. The first-order chi connectivity index (χ1) is 17.9. The number of Topliss-reactive ketones (excluding diaryl/α,β-unsaturated/α-hetero) is 1. The third kappa shape index (κ3) is 4.58. The largest absolute Gasteiger partial charge is 0.507 e. The first-order valence-electron chi connectivity index (χ1n) is 12.0. The number of ketones is 1. The maximum Gasteiger partial charge on any atom is 0.300 e. The molecule has 5 rings (SSSR count). The van der Waals surface area contributed by atoms with E-state index in [2.05, 4.69) is 0 Å². The van der Waals surface area contributed by atoms with Crippen molar-refractivity contribution in [2.75, 3.05) is 25.2 Å². The summed E-state index contributed by atoms with van der Waals surface area (Å²) in [6.07, 6.45) is -0.0112. The van der Waals surface area contributed by atoms with Gasteiger partial charge in [0.1, 0.15) is 30.5 Å². The number of ether oxygens (including phenoxy) is 4. The summed E-state index contributed by atoms with van der Waals surface area (Å²) >= 11 is 0. The van der Waals surface area contributed by atoms with Crippen LogP contribution in [0.15, 0.2) is 72.3 Å². The molecule has 0 aromatic heterocycles. The Labute approximate surface area is 214 Å². The van der Waals surface area contributed by atoms with E-state index in [1.807, 2.05) is 13.8 Å². The lowest BCUT2D eigenvalue weighted by atomic mass is 9.94. The number of aliphatic hydroxyl groups is 1. The van der Waals surface area contributed by atoms with Crippen molar-refractivity contribution in [3.63, 3.8) is 0 Å². The summed E-state index contributed by atoms with van der Waals surface area (Å²) in [5.74, 6) is 0.379. The van der Waals surface area contributed by atoms with E-state index < -0.39 is 17.7 Å². The molecule has 37 heavy (non-hydrogen) atoms. The van der Waals surface area contributed by atoms with Crippen LogP contribution >= 0.6 is 0 Å². The van der Waals surface area contributed by atoms with Gasteiger partial charge in [-0.1, -0.05) is 12.1 Å². The normalized spacial score (nSPS) is 18.3. The maximum absolute atomic E-state index is 13.4. The number of carbonyl (C=O) groups excluding carboxylic acids is 2. The van der Waals surface area contributed by atoms with Gasteiger partial charge in [-0.25, -0.2) is 0 Å². The van der Waals surface area contributed by atoms with Crippen LogP contribution < -0.4 is 23.8 Å². The van der Waals surface area contributed by atoms with E-state index in [9.17, 15) is 14.7 Å². The molecule has 8 nitrogen and oxygen atoms in total. The second-order valence-corrected chi connectivity index (χ2v) is 8.96. The Balaban J connectivity index is 1.65. The number of hydrogen-bond donors (Lipinski definition) is 1. The molecule has 3 aromatic carbocycles. The number of methoxy groups -OCH3 is 1. The minimum absolute atomic E-state index is 0.0112. The first kappa shape index (κ1) is 24.2. The number of hydrogen-bond acceptors (Lipinski definition) is 7. The Morgan fingerprint density at radius 2 is 1.68 bits per heavy atom. The predicted octanol–water partition coefficient (Wildman–Crippen LogP) is 4.88. The van der Waals surface area contributed by atoms with Crippen molar-refractivity contribution in [2.24, 2.45) is 0 Å². The van der Waals surface area contributed by atoms with Crippen LogP contribution in [0.4, 0.5) is 5.69 Å². The quantitative estimate of drug-likeness (QED) is 0.292. The van der Waals surface area contributed by atoms with Crippen LogP contribution in [0.5, 0.6) is 23.0 Å². The summed E-state index contributed by atoms with van der Waals surface area (Å²) in [7, 11) is 1.54. The summed E-state index contributed by atoms with van der Waals surface area (Å²) in [5, 5.41) is 11.4. The van der Waals surface area contributed by atoms with Crippen molar-refractivity contribution in [1.29, 1.82) is 0 Å². The lowest BCUT2D eigenvalue weighted by molar-refractivity contribution is -0.132. The zero-order valence-corrected chi connectivity index (χ0v) is 20.8. The molecule has 3 aromatic rings. The molecule has 0 bridgehead atoms. The van der Waals surface area contributed by atoms with Gasteiger partial charge in [-0.05, 0) is 74.0 Å². The van der Waals surface area contributed by atoms with Crippen LogP contribution in [0.25, 0.3) is 5.76 Å². The first-order valence-corrected chi connectivity index (χ1v) is 12.0. The molecule has 190 valence electrons. The lowest BCUT2D eigenvalue weighted by Gasteiger charge is -2.26. The molecular formula is C29H27NO7. The second kappa shape index (κ2) is 9.89. The van der Waals surface area contributed by atoms with Gasteiger partial charge in [-0.15, -0.1) is 0 Å². The molecule has 1 amide bonds. The minimum atomic E-state index is -0.889. The van der Waals surface area contributed by atoms with Gasteiger partial charge >= 0.3 is 0 Å². The number of aliphatic hydroxyl groups excluding tert-OH is 1. The van der Waals surface area contributed by atoms with E-state index in [-0.39, 0.29) is 17.4 Å². The van der Waals surface area contributed by atoms with Gasteiger partial charge in [0.05, 0.1) is 24.8 Å². The van der Waals surface area contributed by atoms with Gasteiger partial charge < -0.3 is 24.1 Å². The molecule has 0 spiro atoms. The summed E-state index contributed by atoms with van der Waals surface area (Å²) in [5.41, 5.74) is 1.42. The van der Waals surface area contributed by atoms with Gasteiger partial charge in [0.25, 0.3) is 11.7 Å². The average Bonchev–Trinajstić information content (AvgIpc) is 3.18. The summed E-state index contributed by atoms with van der Waals surface area (Å²) in [6.45, 7) is 4.66. The van der Waals surface area contributed by atoms with Crippen molar-refractivity contribution in [2.45, 2.75) is 26.0 Å². The summed E-state index contributed by atoms with van der Waals surface area (Å²) in [6, 6.07) is 18.1. The number of amides is 1. The van der Waals surface area contributed by atoms with Gasteiger partial charge in [0.2, 0.25) is 0 Å². The molecule has 2 aliphatic heterocycles. The van der Waals surface area contributed by atoms with E-state index in [0.29, 0.717) is 53.0 Å². The monoisotopic (exact) mass is 501 g/mol. The molecule has 2 aliphatic rings. The maximum atomic E-state index is 13.4. The molecule has 0 radical (unpaired) electrons. The third-order valence-electron chi connectivity index (χ3n) is 6.16. The van der Waals surface area contributed by atoms with Crippen LogP contribution in [0.1, 0.15) is 31.0 Å². The molecule has 1 saturated heterocycles. The zero-order chi connectivity index (χ0) is 26.1. The van der Waals surface area contributed by atoms with E-state index in [1.165, 1.54) is 4.90 Å². The van der Waals surface area contributed by atoms with Crippen LogP contribution in [0.3, 0.4) is 0 Å². The zero-order valence-electron chi connectivity index (χ0n) is 20.8. The highest BCUT2D eigenvalue weighted by Crippen LogP contribution is 2.44. The molecule has 0 aliphatic carbocycles. The van der Waals surface area contributed by atoms with E-state index in [4.69, 9.17) is 18.9 Å². The molecule has 2 heterocycles. The standard InChI is InChI=1S/C29H27NO7/c1-17(2)37-21-10-8-20(9-11-21)30-26(18-5-4-6-22(15-18)34-3)25(28(32)29(30)33)27(31)19-7-12-23-24(16-19)36-14-13-35-23/h4-12,15-17,26,31H,13-14H2,1-3H3/b27-25-. The van der Waals surface area contributed by atoms with E-state index in [0.717, 1.165) is 0 Å². The second-order valence-electron chi connectivity index (χ2n) is 8.96. The van der Waals surface area contributed by atoms with E-state index >= 15 is 0 Å². The lowest BCUT2D eigenvalue weighted by Crippen LogP contribution is -2.29. The highest BCUT2D eigenvalue weighted by Gasteiger charge is 2.47. The molecule has 1 atom stereocenters. The van der Waals surface area contributed by atoms with Crippen molar-refractivity contribution in [3.05, 3.63) is 83.4 Å². The van der Waals surface area contributed by atoms with Gasteiger partial charge in [-0.3, -0.25) is 14.5 Å². The fourth-order valence-corrected chi connectivity index (χ4v) is 4.53. The Bertz CT molecular complexity index is 1380. The molecule has 0 saturated carbocycles. The minimum Gasteiger partial charge on any atom is -0.507 e. The van der Waals surface area contributed by atoms with Gasteiger partial charge in [0.15, 0.2) is 11.5 Å². The van der Waals surface area contributed by atoms with Crippen molar-refractivity contribution >= 4 is 23.1 Å². The van der Waals surface area contributed by atoms with Crippen molar-refractivity contribution in [1.82, 2.24) is 0 Å². The van der Waals surface area contributed by atoms with Crippen LogP contribution in [-0.2, 0) is 9.59 Å². The van der Waals surface area contributed by atoms with E-state index in [1.54, 1.807) is 73.8 Å². The number of anilines is 1. The molecular weight excluding hydrogens is 474 g/mol.